The Morgan fingerprint density at radius 2 is 1.70 bits per heavy atom. The Kier molecular flexibility index (Phi) is 3.63. The first-order valence-electron chi connectivity index (χ1n) is 7.61. The number of rotatable bonds is 5. The van der Waals surface area contributed by atoms with Crippen LogP contribution in [0.2, 0.25) is 0 Å². The van der Waals surface area contributed by atoms with Gasteiger partial charge in [-0.1, -0.05) is 6.42 Å². The van der Waals surface area contributed by atoms with E-state index in [1.807, 2.05) is 0 Å². The quantitative estimate of drug-likeness (QED) is 0.894. The van der Waals surface area contributed by atoms with Gasteiger partial charge in [0.25, 0.3) is 0 Å². The number of hydrogen-bond acceptors (Lipinski definition) is 3. The van der Waals surface area contributed by atoms with Crippen LogP contribution in [0.1, 0.15) is 36.4 Å². The Morgan fingerprint density at radius 1 is 1.10 bits per heavy atom. The molecule has 3 unspecified atom stereocenters. The van der Waals surface area contributed by atoms with Crippen molar-refractivity contribution in [3.8, 4) is 11.5 Å². The maximum atomic E-state index is 5.47. The van der Waals surface area contributed by atoms with Crippen molar-refractivity contribution in [1.29, 1.82) is 0 Å². The van der Waals surface area contributed by atoms with Crippen LogP contribution in [0.3, 0.4) is 0 Å². The summed E-state index contributed by atoms with van der Waals surface area (Å²) < 4.78 is 10.9. The molecule has 0 aromatic heterocycles. The van der Waals surface area contributed by atoms with Gasteiger partial charge in [0.05, 0.1) is 14.2 Å². The van der Waals surface area contributed by atoms with Crippen LogP contribution in [0.25, 0.3) is 0 Å². The van der Waals surface area contributed by atoms with Gasteiger partial charge in [-0.15, -0.1) is 0 Å². The minimum absolute atomic E-state index is 0.449. The number of methoxy groups -OCH3 is 2. The fraction of sp³-hybridized carbons (Fsp3) is 0.647. The van der Waals surface area contributed by atoms with Crippen molar-refractivity contribution in [2.24, 2.45) is 17.8 Å². The van der Waals surface area contributed by atoms with Gasteiger partial charge < -0.3 is 14.8 Å². The van der Waals surface area contributed by atoms with E-state index in [-0.39, 0.29) is 0 Å². The van der Waals surface area contributed by atoms with Crippen molar-refractivity contribution in [3.63, 3.8) is 0 Å². The monoisotopic (exact) mass is 275 g/mol. The van der Waals surface area contributed by atoms with Crippen LogP contribution in [0.15, 0.2) is 12.1 Å². The SMILES string of the molecule is CNC(c1cc(OC)c(OC)cc1C)C1C2CCCC21. The number of aryl methyl sites for hydroxylation is 1. The molecule has 3 rings (SSSR count). The van der Waals surface area contributed by atoms with Gasteiger partial charge in [0.2, 0.25) is 0 Å². The second-order valence-electron chi connectivity index (χ2n) is 6.17. The number of benzene rings is 1. The molecule has 0 bridgehead atoms. The topological polar surface area (TPSA) is 30.5 Å². The molecule has 0 spiro atoms. The molecule has 1 aromatic rings. The van der Waals surface area contributed by atoms with Crippen molar-refractivity contribution in [1.82, 2.24) is 5.32 Å². The van der Waals surface area contributed by atoms with Crippen molar-refractivity contribution >= 4 is 0 Å². The Bertz CT molecular complexity index is 490. The van der Waals surface area contributed by atoms with Gasteiger partial charge in [0, 0.05) is 6.04 Å². The second-order valence-corrected chi connectivity index (χ2v) is 6.17. The largest absolute Gasteiger partial charge is 0.493 e. The maximum Gasteiger partial charge on any atom is 0.161 e. The molecule has 110 valence electrons. The van der Waals surface area contributed by atoms with Crippen LogP contribution in [0.4, 0.5) is 0 Å². The molecule has 3 nitrogen and oxygen atoms in total. The minimum Gasteiger partial charge on any atom is -0.493 e. The summed E-state index contributed by atoms with van der Waals surface area (Å²) in [5.74, 6) is 4.35. The highest BCUT2D eigenvalue weighted by atomic mass is 16.5. The summed E-state index contributed by atoms with van der Waals surface area (Å²) in [6.45, 7) is 2.17. The summed E-state index contributed by atoms with van der Waals surface area (Å²) in [5, 5.41) is 3.54. The third kappa shape index (κ3) is 2.08. The highest BCUT2D eigenvalue weighted by Gasteiger charge is 2.55. The zero-order chi connectivity index (χ0) is 14.3. The Balaban J connectivity index is 1.91. The first-order valence-corrected chi connectivity index (χ1v) is 7.61. The number of nitrogens with one attached hydrogen (secondary N) is 1. The van der Waals surface area contributed by atoms with E-state index in [4.69, 9.17) is 9.47 Å². The van der Waals surface area contributed by atoms with Gasteiger partial charge in [0.15, 0.2) is 11.5 Å². The zero-order valence-electron chi connectivity index (χ0n) is 12.9. The Hall–Kier alpha value is -1.22. The minimum atomic E-state index is 0.449. The number of hydrogen-bond donors (Lipinski definition) is 1. The molecule has 0 saturated heterocycles. The molecule has 1 aromatic carbocycles. The molecular weight excluding hydrogens is 250 g/mol. The first-order chi connectivity index (χ1) is 9.71. The zero-order valence-corrected chi connectivity index (χ0v) is 12.9. The van der Waals surface area contributed by atoms with E-state index in [0.29, 0.717) is 6.04 Å². The van der Waals surface area contributed by atoms with Gasteiger partial charge in [-0.05, 0) is 67.8 Å². The van der Waals surface area contributed by atoms with Crippen molar-refractivity contribution in [2.45, 2.75) is 32.2 Å². The van der Waals surface area contributed by atoms with Crippen LogP contribution in [-0.4, -0.2) is 21.3 Å². The van der Waals surface area contributed by atoms with E-state index in [9.17, 15) is 0 Å². The van der Waals surface area contributed by atoms with Crippen LogP contribution < -0.4 is 14.8 Å². The molecule has 2 aliphatic rings. The highest BCUT2D eigenvalue weighted by Crippen LogP contribution is 2.62. The first kappa shape index (κ1) is 13.7. The maximum absolute atomic E-state index is 5.47. The van der Waals surface area contributed by atoms with Crippen LogP contribution in [0.5, 0.6) is 11.5 Å². The molecule has 20 heavy (non-hydrogen) atoms. The molecule has 3 heteroatoms. The average molecular weight is 275 g/mol. The summed E-state index contributed by atoms with van der Waals surface area (Å²) in [5.41, 5.74) is 2.65. The van der Waals surface area contributed by atoms with E-state index in [0.717, 1.165) is 29.3 Å². The van der Waals surface area contributed by atoms with E-state index >= 15 is 0 Å². The molecule has 3 atom stereocenters. The van der Waals surface area contributed by atoms with E-state index in [2.05, 4.69) is 31.4 Å². The summed E-state index contributed by atoms with van der Waals surface area (Å²) in [6.07, 6.45) is 4.26. The van der Waals surface area contributed by atoms with Gasteiger partial charge in [-0.2, -0.15) is 0 Å². The van der Waals surface area contributed by atoms with E-state index < -0.39 is 0 Å². The third-order valence-electron chi connectivity index (χ3n) is 5.28. The molecule has 0 amide bonds. The third-order valence-corrected chi connectivity index (χ3v) is 5.28. The van der Waals surface area contributed by atoms with Crippen molar-refractivity contribution < 1.29 is 9.47 Å². The molecule has 1 N–H and O–H groups in total. The summed E-state index contributed by atoms with van der Waals surface area (Å²) in [4.78, 5) is 0. The van der Waals surface area contributed by atoms with E-state index in [1.54, 1.807) is 14.2 Å². The lowest BCUT2D eigenvalue weighted by Crippen LogP contribution is -2.21. The lowest BCUT2D eigenvalue weighted by molar-refractivity contribution is 0.352. The normalized spacial score (nSPS) is 28.9. The summed E-state index contributed by atoms with van der Waals surface area (Å²) in [7, 11) is 5.48. The molecule has 0 radical (unpaired) electrons. The fourth-order valence-electron chi connectivity index (χ4n) is 4.26. The van der Waals surface area contributed by atoms with Gasteiger partial charge in [-0.25, -0.2) is 0 Å². The Labute approximate surface area is 121 Å². The smallest absolute Gasteiger partial charge is 0.161 e. The highest BCUT2D eigenvalue weighted by molar-refractivity contribution is 5.48. The van der Waals surface area contributed by atoms with Gasteiger partial charge >= 0.3 is 0 Å². The van der Waals surface area contributed by atoms with Crippen LogP contribution >= 0.6 is 0 Å². The molecule has 0 aliphatic heterocycles. The van der Waals surface area contributed by atoms with Crippen molar-refractivity contribution in [2.75, 3.05) is 21.3 Å². The van der Waals surface area contributed by atoms with Crippen LogP contribution in [-0.2, 0) is 0 Å². The predicted molar refractivity (Wildman–Crippen MR) is 80.4 cm³/mol. The van der Waals surface area contributed by atoms with Gasteiger partial charge in [0.1, 0.15) is 0 Å². The van der Waals surface area contributed by atoms with Crippen molar-refractivity contribution in [3.05, 3.63) is 23.3 Å². The molecule has 2 fully saturated rings. The molecule has 2 aliphatic carbocycles. The molecular formula is C17H25NO2. The van der Waals surface area contributed by atoms with E-state index in [1.165, 1.54) is 30.4 Å². The fourth-order valence-corrected chi connectivity index (χ4v) is 4.26. The lowest BCUT2D eigenvalue weighted by Gasteiger charge is -2.22. The number of ether oxygens (including phenoxy) is 2. The van der Waals surface area contributed by atoms with Crippen LogP contribution in [0, 0.1) is 24.7 Å². The van der Waals surface area contributed by atoms with Gasteiger partial charge in [-0.3, -0.25) is 0 Å². The summed E-state index contributed by atoms with van der Waals surface area (Å²) in [6, 6.07) is 4.70. The molecule has 2 saturated carbocycles. The second kappa shape index (κ2) is 5.28. The Morgan fingerprint density at radius 3 is 2.25 bits per heavy atom. The average Bonchev–Trinajstić information content (AvgIpc) is 2.93. The predicted octanol–water partition coefficient (Wildman–Crippen LogP) is 3.32. The molecule has 0 heterocycles. The lowest BCUT2D eigenvalue weighted by atomic mass is 9.93. The summed E-state index contributed by atoms with van der Waals surface area (Å²) >= 11 is 0. The standard InChI is InChI=1S/C17H25NO2/c1-10-8-14(19-3)15(20-4)9-13(10)17(18-2)16-11-6-5-7-12(11)16/h8-9,11-12,16-18H,5-7H2,1-4H3. The number of fused-ring (bicyclic) bond motifs is 1.